The van der Waals surface area contributed by atoms with E-state index in [1.165, 1.54) is 12.5 Å². The first-order valence-electron chi connectivity index (χ1n) is 6.63. The summed E-state index contributed by atoms with van der Waals surface area (Å²) in [6.07, 6.45) is 4.37. The number of hydrogen-bond acceptors (Lipinski definition) is 1. The molecule has 1 aromatic carbocycles. The number of carbonyl (C=O) groups is 1. The Morgan fingerprint density at radius 2 is 2.17 bits per heavy atom. The van der Waals surface area contributed by atoms with Gasteiger partial charge in [-0.1, -0.05) is 31.4 Å². The topological polar surface area (TPSA) is 29.1 Å². The Kier molecular flexibility index (Phi) is 4.00. The van der Waals surface area contributed by atoms with Gasteiger partial charge < -0.3 is 5.32 Å². The van der Waals surface area contributed by atoms with E-state index in [2.05, 4.69) is 12.2 Å². The highest BCUT2D eigenvalue weighted by Gasteiger charge is 2.22. The lowest BCUT2D eigenvalue weighted by atomic mass is 9.87. The molecule has 1 aliphatic rings. The standard InChI is InChI=1S/C15H20FNO/c1-10-4-3-5-12(8-10)17-15(18)13-9-11(2)6-7-14(13)16/h6-7,9-10,12H,3-5,8H2,1-2H3,(H,17,18). The van der Waals surface area contributed by atoms with Crippen LogP contribution in [0.15, 0.2) is 18.2 Å². The van der Waals surface area contributed by atoms with Crippen LogP contribution in [0.25, 0.3) is 0 Å². The summed E-state index contributed by atoms with van der Waals surface area (Å²) in [6, 6.07) is 4.83. The molecular formula is C15H20FNO. The number of rotatable bonds is 2. The summed E-state index contributed by atoms with van der Waals surface area (Å²) in [4.78, 5) is 12.0. The highest BCUT2D eigenvalue weighted by Crippen LogP contribution is 2.24. The molecule has 0 aromatic heterocycles. The van der Waals surface area contributed by atoms with Crippen LogP contribution in [0.5, 0.6) is 0 Å². The fourth-order valence-electron chi connectivity index (χ4n) is 2.64. The Bertz CT molecular complexity index is 444. The van der Waals surface area contributed by atoms with E-state index >= 15 is 0 Å². The van der Waals surface area contributed by atoms with Gasteiger partial charge >= 0.3 is 0 Å². The average Bonchev–Trinajstić information content (AvgIpc) is 2.32. The molecule has 1 aromatic rings. The van der Waals surface area contributed by atoms with E-state index in [0.717, 1.165) is 24.8 Å². The molecule has 1 aliphatic carbocycles. The minimum atomic E-state index is -0.443. The molecule has 1 fully saturated rings. The molecule has 2 rings (SSSR count). The second-order valence-electron chi connectivity index (χ2n) is 5.43. The van der Waals surface area contributed by atoms with Gasteiger partial charge in [0, 0.05) is 6.04 Å². The van der Waals surface area contributed by atoms with Gasteiger partial charge in [-0.05, 0) is 37.8 Å². The molecule has 2 nitrogen and oxygen atoms in total. The van der Waals surface area contributed by atoms with Crippen LogP contribution in [0, 0.1) is 18.7 Å². The Morgan fingerprint density at radius 3 is 2.89 bits per heavy atom. The monoisotopic (exact) mass is 249 g/mol. The van der Waals surface area contributed by atoms with Crippen molar-refractivity contribution in [1.29, 1.82) is 0 Å². The van der Waals surface area contributed by atoms with Gasteiger partial charge in [0.05, 0.1) is 5.56 Å². The highest BCUT2D eigenvalue weighted by atomic mass is 19.1. The van der Waals surface area contributed by atoms with Crippen LogP contribution < -0.4 is 5.32 Å². The maximum atomic E-state index is 13.6. The minimum absolute atomic E-state index is 0.160. The number of benzene rings is 1. The number of hydrogen-bond donors (Lipinski definition) is 1. The molecule has 3 heteroatoms. The SMILES string of the molecule is Cc1ccc(F)c(C(=O)NC2CCCC(C)C2)c1. The van der Waals surface area contributed by atoms with E-state index in [0.29, 0.717) is 5.92 Å². The molecule has 0 radical (unpaired) electrons. The molecule has 1 saturated carbocycles. The molecule has 0 aliphatic heterocycles. The van der Waals surface area contributed by atoms with E-state index in [-0.39, 0.29) is 17.5 Å². The predicted octanol–water partition coefficient (Wildman–Crippen LogP) is 3.44. The number of halogens is 1. The quantitative estimate of drug-likeness (QED) is 0.854. The predicted molar refractivity (Wildman–Crippen MR) is 70.0 cm³/mol. The third-order valence-electron chi connectivity index (χ3n) is 3.64. The van der Waals surface area contributed by atoms with Crippen molar-refractivity contribution in [2.45, 2.75) is 45.6 Å². The van der Waals surface area contributed by atoms with E-state index in [9.17, 15) is 9.18 Å². The number of aryl methyl sites for hydroxylation is 1. The van der Waals surface area contributed by atoms with Crippen molar-refractivity contribution in [2.75, 3.05) is 0 Å². The van der Waals surface area contributed by atoms with Crippen LogP contribution in [-0.4, -0.2) is 11.9 Å². The Hall–Kier alpha value is -1.38. The molecule has 98 valence electrons. The van der Waals surface area contributed by atoms with E-state index in [1.807, 2.05) is 6.92 Å². The van der Waals surface area contributed by atoms with Crippen LogP contribution in [0.4, 0.5) is 4.39 Å². The number of carbonyl (C=O) groups excluding carboxylic acids is 1. The lowest BCUT2D eigenvalue weighted by molar-refractivity contribution is 0.0917. The molecule has 18 heavy (non-hydrogen) atoms. The van der Waals surface area contributed by atoms with Crippen LogP contribution >= 0.6 is 0 Å². The summed E-state index contributed by atoms with van der Waals surface area (Å²) in [5.74, 6) is -0.0799. The zero-order valence-electron chi connectivity index (χ0n) is 11.0. The van der Waals surface area contributed by atoms with Crippen molar-refractivity contribution in [1.82, 2.24) is 5.32 Å². The fourth-order valence-corrected chi connectivity index (χ4v) is 2.64. The van der Waals surface area contributed by atoms with Gasteiger partial charge in [0.25, 0.3) is 5.91 Å². The smallest absolute Gasteiger partial charge is 0.254 e. The summed E-state index contributed by atoms with van der Waals surface area (Å²) >= 11 is 0. The number of amides is 1. The lowest BCUT2D eigenvalue weighted by Crippen LogP contribution is -2.38. The van der Waals surface area contributed by atoms with E-state index in [1.54, 1.807) is 12.1 Å². The third kappa shape index (κ3) is 3.09. The van der Waals surface area contributed by atoms with Crippen LogP contribution in [0.2, 0.25) is 0 Å². The van der Waals surface area contributed by atoms with Crippen LogP contribution in [-0.2, 0) is 0 Å². The minimum Gasteiger partial charge on any atom is -0.349 e. The zero-order valence-corrected chi connectivity index (χ0v) is 11.0. The van der Waals surface area contributed by atoms with Crippen molar-refractivity contribution in [3.05, 3.63) is 35.1 Å². The van der Waals surface area contributed by atoms with Crippen molar-refractivity contribution >= 4 is 5.91 Å². The van der Waals surface area contributed by atoms with Crippen molar-refractivity contribution < 1.29 is 9.18 Å². The second kappa shape index (κ2) is 5.51. The molecule has 2 atom stereocenters. The van der Waals surface area contributed by atoms with Crippen LogP contribution in [0.1, 0.15) is 48.5 Å². The molecular weight excluding hydrogens is 229 g/mol. The van der Waals surface area contributed by atoms with Gasteiger partial charge in [-0.25, -0.2) is 4.39 Å². The van der Waals surface area contributed by atoms with E-state index < -0.39 is 5.82 Å². The molecule has 0 spiro atoms. The first-order valence-corrected chi connectivity index (χ1v) is 6.63. The summed E-state index contributed by atoms with van der Waals surface area (Å²) in [6.45, 7) is 4.06. The van der Waals surface area contributed by atoms with Gasteiger partial charge in [0.2, 0.25) is 0 Å². The normalized spacial score (nSPS) is 23.7. The largest absolute Gasteiger partial charge is 0.349 e. The van der Waals surface area contributed by atoms with Crippen molar-refractivity contribution in [2.24, 2.45) is 5.92 Å². The molecule has 1 amide bonds. The molecule has 0 heterocycles. The highest BCUT2D eigenvalue weighted by molar-refractivity contribution is 5.94. The van der Waals surface area contributed by atoms with Gasteiger partial charge in [0.1, 0.15) is 5.82 Å². The zero-order chi connectivity index (χ0) is 13.1. The number of nitrogens with one attached hydrogen (secondary N) is 1. The Morgan fingerprint density at radius 1 is 1.39 bits per heavy atom. The average molecular weight is 249 g/mol. The lowest BCUT2D eigenvalue weighted by Gasteiger charge is -2.27. The molecule has 1 N–H and O–H groups in total. The van der Waals surface area contributed by atoms with E-state index in [4.69, 9.17) is 0 Å². The van der Waals surface area contributed by atoms with Gasteiger partial charge in [-0.15, -0.1) is 0 Å². The van der Waals surface area contributed by atoms with Gasteiger partial charge in [-0.3, -0.25) is 4.79 Å². The first kappa shape index (κ1) is 13.1. The summed E-state index contributed by atoms with van der Waals surface area (Å²) in [5.41, 5.74) is 1.06. The van der Waals surface area contributed by atoms with Crippen molar-refractivity contribution in [3.63, 3.8) is 0 Å². The molecule has 0 saturated heterocycles. The fraction of sp³-hybridized carbons (Fsp3) is 0.533. The first-order chi connectivity index (χ1) is 8.56. The van der Waals surface area contributed by atoms with Crippen LogP contribution in [0.3, 0.4) is 0 Å². The maximum Gasteiger partial charge on any atom is 0.254 e. The molecule has 2 unspecified atom stereocenters. The summed E-state index contributed by atoms with van der Waals surface area (Å²) in [7, 11) is 0. The second-order valence-corrected chi connectivity index (χ2v) is 5.43. The summed E-state index contributed by atoms with van der Waals surface area (Å²) < 4.78 is 13.6. The van der Waals surface area contributed by atoms with Crippen molar-refractivity contribution in [3.8, 4) is 0 Å². The maximum absolute atomic E-state index is 13.6. The van der Waals surface area contributed by atoms with Gasteiger partial charge in [-0.2, -0.15) is 0 Å². The Balaban J connectivity index is 2.05. The third-order valence-corrected chi connectivity index (χ3v) is 3.64. The Labute approximate surface area is 108 Å². The van der Waals surface area contributed by atoms with Gasteiger partial charge in [0.15, 0.2) is 0 Å². The summed E-state index contributed by atoms with van der Waals surface area (Å²) in [5, 5.41) is 2.95. The molecule has 0 bridgehead atoms.